The van der Waals surface area contributed by atoms with Crippen molar-refractivity contribution in [3.05, 3.63) is 89.5 Å². The third kappa shape index (κ3) is 24.8. The Morgan fingerprint density at radius 3 is 1.33 bits per heavy atom. The van der Waals surface area contributed by atoms with Gasteiger partial charge in [-0.05, 0) is 90.1 Å². The summed E-state index contributed by atoms with van der Waals surface area (Å²) in [6.07, 6.45) is 12.3. The Morgan fingerprint density at radius 1 is 0.646 bits per heavy atom. The lowest BCUT2D eigenvalue weighted by atomic mass is 9.82. The van der Waals surface area contributed by atoms with Crippen molar-refractivity contribution in [2.75, 3.05) is 19.8 Å². The molecular weight excluding hydrogens is 600 g/mol. The first-order valence-electron chi connectivity index (χ1n) is 17.6. The van der Waals surface area contributed by atoms with E-state index in [4.69, 9.17) is 24.9 Å². The number of rotatable bonds is 10. The molecule has 5 rings (SSSR count). The van der Waals surface area contributed by atoms with Crippen molar-refractivity contribution in [3.8, 4) is 17.2 Å². The van der Waals surface area contributed by atoms with Gasteiger partial charge in [-0.15, -0.1) is 0 Å². The molecule has 1 unspecified atom stereocenters. The van der Waals surface area contributed by atoms with Gasteiger partial charge in [-0.1, -0.05) is 123 Å². The Kier molecular flexibility index (Phi) is 23.8. The molecule has 2 aliphatic rings. The molecule has 3 aromatic rings. The SMILES string of the molecule is C1CO1.C=O.CC(C)(C)c1ccc(O)cc1.CC1CO1.CCC(C)(C)c1ccc(O)cc1.CCCCCCCCCc1ccc(O)cc1. The lowest BCUT2D eigenvalue weighted by molar-refractivity contribution is -0.0980. The highest BCUT2D eigenvalue weighted by Gasteiger charge is 2.17. The summed E-state index contributed by atoms with van der Waals surface area (Å²) >= 11 is 0. The van der Waals surface area contributed by atoms with Crippen LogP contribution in [0, 0.1) is 0 Å². The molecule has 48 heavy (non-hydrogen) atoms. The summed E-state index contributed by atoms with van der Waals surface area (Å²) in [6.45, 7) is 22.3. The maximum atomic E-state index is 9.15. The zero-order valence-electron chi connectivity index (χ0n) is 31.3. The number of carbonyl (C=O) groups excluding carboxylic acids is 1. The number of hydrogen-bond acceptors (Lipinski definition) is 6. The summed E-state index contributed by atoms with van der Waals surface area (Å²) in [5.74, 6) is 1.03. The van der Waals surface area contributed by atoms with E-state index in [0.717, 1.165) is 32.7 Å². The van der Waals surface area contributed by atoms with Gasteiger partial charge in [0.2, 0.25) is 0 Å². The van der Waals surface area contributed by atoms with Gasteiger partial charge in [0.1, 0.15) is 24.0 Å². The van der Waals surface area contributed by atoms with E-state index in [-0.39, 0.29) is 10.8 Å². The van der Waals surface area contributed by atoms with E-state index in [1.807, 2.05) is 43.2 Å². The molecule has 0 radical (unpaired) electrons. The summed E-state index contributed by atoms with van der Waals surface area (Å²) in [6, 6.07) is 22.4. The smallest absolute Gasteiger partial charge is 0.115 e. The number of benzene rings is 3. The van der Waals surface area contributed by atoms with Crippen LogP contribution in [0.15, 0.2) is 72.8 Å². The molecule has 2 fully saturated rings. The van der Waals surface area contributed by atoms with Crippen LogP contribution in [-0.2, 0) is 31.5 Å². The fraction of sp³-hybridized carbons (Fsp3) is 0.548. The topological polar surface area (TPSA) is 103 Å². The van der Waals surface area contributed by atoms with Crippen molar-refractivity contribution in [2.45, 2.75) is 130 Å². The number of phenols is 3. The third-order valence-corrected chi connectivity index (χ3v) is 7.98. The van der Waals surface area contributed by atoms with Gasteiger partial charge >= 0.3 is 0 Å². The molecule has 1 atom stereocenters. The Morgan fingerprint density at radius 2 is 1.00 bits per heavy atom. The summed E-state index contributed by atoms with van der Waals surface area (Å²) in [5.41, 5.74) is 4.26. The first kappa shape index (κ1) is 44.6. The molecule has 0 spiro atoms. The second kappa shape index (κ2) is 25.6. The number of aryl methyl sites for hydroxylation is 1. The van der Waals surface area contributed by atoms with Crippen LogP contribution in [0.5, 0.6) is 17.2 Å². The van der Waals surface area contributed by atoms with Crippen molar-refractivity contribution in [2.24, 2.45) is 0 Å². The average Bonchev–Trinajstić information content (AvgIpc) is 4.01. The molecule has 270 valence electrons. The van der Waals surface area contributed by atoms with E-state index >= 15 is 0 Å². The number of unbranched alkanes of at least 4 members (excludes halogenated alkanes) is 6. The molecule has 2 aliphatic heterocycles. The highest BCUT2D eigenvalue weighted by Crippen LogP contribution is 2.27. The van der Waals surface area contributed by atoms with Gasteiger partial charge in [0.25, 0.3) is 0 Å². The van der Waals surface area contributed by atoms with Crippen molar-refractivity contribution < 1.29 is 29.6 Å². The van der Waals surface area contributed by atoms with Crippen LogP contribution in [-0.4, -0.2) is 48.0 Å². The van der Waals surface area contributed by atoms with Gasteiger partial charge in [-0.2, -0.15) is 0 Å². The second-order valence-corrected chi connectivity index (χ2v) is 13.9. The molecule has 3 N–H and O–H groups in total. The number of aromatic hydroxyl groups is 3. The van der Waals surface area contributed by atoms with Gasteiger partial charge in [0.05, 0.1) is 25.9 Å². The van der Waals surface area contributed by atoms with E-state index in [9.17, 15) is 0 Å². The fourth-order valence-electron chi connectivity index (χ4n) is 4.12. The van der Waals surface area contributed by atoms with Gasteiger partial charge in [0.15, 0.2) is 0 Å². The van der Waals surface area contributed by atoms with Crippen LogP contribution in [0.1, 0.15) is 123 Å². The Bertz CT molecular complexity index is 1160. The predicted molar refractivity (Wildman–Crippen MR) is 201 cm³/mol. The number of carbonyl (C=O) groups is 1. The van der Waals surface area contributed by atoms with Crippen molar-refractivity contribution in [3.63, 3.8) is 0 Å². The van der Waals surface area contributed by atoms with Gasteiger partial charge in [-0.3, -0.25) is 0 Å². The molecule has 0 amide bonds. The maximum Gasteiger partial charge on any atom is 0.115 e. The summed E-state index contributed by atoms with van der Waals surface area (Å²) in [5, 5.41) is 27.3. The molecule has 0 aromatic heterocycles. The van der Waals surface area contributed by atoms with Gasteiger partial charge < -0.3 is 29.6 Å². The van der Waals surface area contributed by atoms with Crippen molar-refractivity contribution >= 4 is 6.79 Å². The van der Waals surface area contributed by atoms with Crippen LogP contribution in [0.3, 0.4) is 0 Å². The summed E-state index contributed by atoms with van der Waals surface area (Å²) < 4.78 is 9.21. The van der Waals surface area contributed by atoms with Crippen molar-refractivity contribution in [1.29, 1.82) is 0 Å². The van der Waals surface area contributed by atoms with E-state index in [2.05, 4.69) is 60.1 Å². The molecule has 0 bridgehead atoms. The molecular formula is C42H66O6. The van der Waals surface area contributed by atoms with Gasteiger partial charge in [0, 0.05) is 0 Å². The number of phenolic OH excluding ortho intramolecular Hbond substituents is 3. The van der Waals surface area contributed by atoms with Crippen LogP contribution in [0.4, 0.5) is 0 Å². The van der Waals surface area contributed by atoms with Crippen LogP contribution >= 0.6 is 0 Å². The largest absolute Gasteiger partial charge is 0.508 e. The minimum absolute atomic E-state index is 0.174. The van der Waals surface area contributed by atoms with Gasteiger partial charge in [-0.25, -0.2) is 0 Å². The average molecular weight is 667 g/mol. The maximum absolute atomic E-state index is 9.15. The lowest BCUT2D eigenvalue weighted by Crippen LogP contribution is -2.14. The zero-order chi connectivity index (χ0) is 36.4. The molecule has 6 nitrogen and oxygen atoms in total. The molecule has 2 saturated heterocycles. The number of ether oxygens (including phenoxy) is 2. The highest BCUT2D eigenvalue weighted by molar-refractivity contribution is 5.31. The second-order valence-electron chi connectivity index (χ2n) is 13.9. The third-order valence-electron chi connectivity index (χ3n) is 7.98. The van der Waals surface area contributed by atoms with E-state index < -0.39 is 0 Å². The highest BCUT2D eigenvalue weighted by atomic mass is 16.6. The first-order chi connectivity index (χ1) is 22.8. The van der Waals surface area contributed by atoms with Crippen LogP contribution < -0.4 is 0 Å². The minimum atomic E-state index is 0.174. The monoisotopic (exact) mass is 666 g/mol. The molecule has 2 heterocycles. The van der Waals surface area contributed by atoms with E-state index in [1.54, 1.807) is 36.4 Å². The van der Waals surface area contributed by atoms with Crippen LogP contribution in [0.2, 0.25) is 0 Å². The Balaban J connectivity index is 0.000000616. The Labute approximate surface area is 292 Å². The standard InChI is InChI=1S/C15H24O.C11H16O.C10H14O.C3H6O.C2H4O.CH2O/c1-2-3-4-5-6-7-8-9-14-10-12-15(16)13-11-14;1-4-11(2,3)9-5-7-10(12)8-6-9;1-10(2,3)8-4-6-9(11)7-5-8;1-3-2-4-3;1-2-3-1;1-2/h10-13,16H,2-9H2,1H3;5-8,12H,4H2,1-3H3;4-7,11H,1-3H3;3H,2H2,1H3;1-2H2;1H2. The summed E-state index contributed by atoms with van der Waals surface area (Å²) in [7, 11) is 0. The quantitative estimate of drug-likeness (QED) is 0.147. The molecule has 0 saturated carbocycles. The minimum Gasteiger partial charge on any atom is -0.508 e. The van der Waals surface area contributed by atoms with E-state index in [1.165, 1.54) is 61.6 Å². The van der Waals surface area contributed by atoms with Crippen LogP contribution in [0.25, 0.3) is 0 Å². The molecule has 0 aliphatic carbocycles. The lowest BCUT2D eigenvalue weighted by Gasteiger charge is -2.22. The predicted octanol–water partition coefficient (Wildman–Crippen LogP) is 10.7. The molecule has 3 aromatic carbocycles. The number of epoxide rings is 2. The fourth-order valence-corrected chi connectivity index (χ4v) is 4.12. The first-order valence-corrected chi connectivity index (χ1v) is 17.6. The zero-order valence-corrected chi connectivity index (χ0v) is 31.3. The summed E-state index contributed by atoms with van der Waals surface area (Å²) in [4.78, 5) is 8.00. The molecule has 6 heteroatoms. The Hall–Kier alpha value is -3.35. The van der Waals surface area contributed by atoms with E-state index in [0.29, 0.717) is 23.4 Å². The number of hydrogen-bond donors (Lipinski definition) is 3. The normalized spacial score (nSPS) is 14.0. The van der Waals surface area contributed by atoms with Crippen molar-refractivity contribution in [1.82, 2.24) is 0 Å².